The van der Waals surface area contributed by atoms with Crippen LogP contribution in [0, 0.1) is 6.92 Å². The number of aliphatic carboxylic acids is 1. The Morgan fingerprint density at radius 2 is 2.26 bits per heavy atom. The number of carboxylic acids is 1. The summed E-state index contributed by atoms with van der Waals surface area (Å²) in [5.74, 6) is -1.12. The van der Waals surface area contributed by atoms with E-state index in [2.05, 4.69) is 0 Å². The smallest absolute Gasteiger partial charge is 0.326 e. The molecule has 1 saturated heterocycles. The molecule has 1 aliphatic heterocycles. The van der Waals surface area contributed by atoms with Gasteiger partial charge in [0.05, 0.1) is 0 Å². The summed E-state index contributed by atoms with van der Waals surface area (Å²) in [6, 6.07) is 1.32. The van der Waals surface area contributed by atoms with Crippen LogP contribution < -0.4 is 0 Å². The third-order valence-corrected chi connectivity index (χ3v) is 4.33. The van der Waals surface area contributed by atoms with E-state index in [4.69, 9.17) is 5.11 Å². The van der Waals surface area contributed by atoms with E-state index >= 15 is 0 Å². The molecule has 0 aliphatic carbocycles. The molecule has 102 valence electrons. The van der Waals surface area contributed by atoms with Crippen molar-refractivity contribution in [1.29, 1.82) is 0 Å². The summed E-state index contributed by atoms with van der Waals surface area (Å²) in [7, 11) is 0. The fourth-order valence-corrected chi connectivity index (χ4v) is 3.07. The Bertz CT molecular complexity index is 507. The van der Waals surface area contributed by atoms with Crippen LogP contribution in [0.1, 0.15) is 29.7 Å². The minimum absolute atomic E-state index is 0.208. The Balaban J connectivity index is 2.08. The molecule has 1 atom stereocenters. The number of carbonyl (C=O) groups is 2. The quantitative estimate of drug-likeness (QED) is 0.865. The Morgan fingerprint density at radius 3 is 2.89 bits per heavy atom. The molecule has 19 heavy (non-hydrogen) atoms. The van der Waals surface area contributed by atoms with Crippen molar-refractivity contribution in [3.8, 4) is 0 Å². The zero-order valence-corrected chi connectivity index (χ0v) is 11.7. The van der Waals surface area contributed by atoms with Gasteiger partial charge in [0.2, 0.25) is 5.91 Å². The van der Waals surface area contributed by atoms with E-state index in [-0.39, 0.29) is 5.91 Å². The van der Waals surface area contributed by atoms with E-state index in [9.17, 15) is 9.59 Å². The van der Waals surface area contributed by atoms with Crippen molar-refractivity contribution in [3.05, 3.63) is 28.0 Å². The molecule has 1 aromatic rings. The third kappa shape index (κ3) is 3.23. The number of thiophene rings is 1. The average Bonchev–Trinajstić information content (AvgIpc) is 2.81. The second-order valence-electron chi connectivity index (χ2n) is 4.68. The lowest BCUT2D eigenvalue weighted by atomic mass is 10.0. The summed E-state index contributed by atoms with van der Waals surface area (Å²) < 4.78 is 0. The Labute approximate surface area is 116 Å². The monoisotopic (exact) mass is 279 g/mol. The van der Waals surface area contributed by atoms with Gasteiger partial charge in [0.1, 0.15) is 6.04 Å². The van der Waals surface area contributed by atoms with E-state index < -0.39 is 12.0 Å². The lowest BCUT2D eigenvalue weighted by Crippen LogP contribution is -2.47. The van der Waals surface area contributed by atoms with Gasteiger partial charge >= 0.3 is 5.97 Å². The summed E-state index contributed by atoms with van der Waals surface area (Å²) in [6.45, 7) is 2.52. The summed E-state index contributed by atoms with van der Waals surface area (Å²) in [4.78, 5) is 25.7. The molecule has 5 heteroatoms. The fraction of sp³-hybridized carbons (Fsp3) is 0.429. The van der Waals surface area contributed by atoms with Crippen LogP contribution in [0.15, 0.2) is 17.5 Å². The van der Waals surface area contributed by atoms with Crippen LogP contribution in [0.2, 0.25) is 0 Å². The number of amides is 1. The van der Waals surface area contributed by atoms with Crippen LogP contribution in [0.5, 0.6) is 0 Å². The van der Waals surface area contributed by atoms with Crippen LogP contribution in [0.3, 0.4) is 0 Å². The number of carbonyl (C=O) groups excluding carboxylic acids is 1. The molecule has 1 unspecified atom stereocenters. The number of hydrogen-bond acceptors (Lipinski definition) is 3. The topological polar surface area (TPSA) is 57.6 Å². The first-order valence-electron chi connectivity index (χ1n) is 6.35. The summed E-state index contributed by atoms with van der Waals surface area (Å²) in [6.07, 6.45) is 5.55. The normalized spacial score (nSPS) is 19.8. The van der Waals surface area contributed by atoms with Gasteiger partial charge in [0, 0.05) is 17.5 Å². The van der Waals surface area contributed by atoms with Crippen LogP contribution >= 0.6 is 11.3 Å². The third-order valence-electron chi connectivity index (χ3n) is 3.35. The maximum absolute atomic E-state index is 12.1. The highest BCUT2D eigenvalue weighted by molar-refractivity contribution is 7.11. The molecule has 0 spiro atoms. The molecule has 4 nitrogen and oxygen atoms in total. The molecule has 1 N–H and O–H groups in total. The standard InChI is InChI=1S/C14H17NO3S/c1-10-7-9-19-12(10)5-6-13(16)15-8-3-2-4-11(15)14(17)18/h5-7,9,11H,2-4,8H2,1H3,(H,17,18)/b6-5+. The van der Waals surface area contributed by atoms with Crippen LogP contribution in [-0.2, 0) is 9.59 Å². The maximum Gasteiger partial charge on any atom is 0.326 e. The first kappa shape index (κ1) is 13.8. The van der Waals surface area contributed by atoms with Gasteiger partial charge in [-0.1, -0.05) is 0 Å². The number of rotatable bonds is 3. The molecule has 1 amide bonds. The van der Waals surface area contributed by atoms with Gasteiger partial charge in [-0.2, -0.15) is 0 Å². The molecule has 0 radical (unpaired) electrons. The van der Waals surface area contributed by atoms with Crippen molar-refractivity contribution >= 4 is 29.3 Å². The van der Waals surface area contributed by atoms with Crippen molar-refractivity contribution in [2.75, 3.05) is 6.54 Å². The van der Waals surface area contributed by atoms with Gasteiger partial charge in [-0.25, -0.2) is 4.79 Å². The molecular formula is C14H17NO3S. The van der Waals surface area contributed by atoms with Gasteiger partial charge in [-0.3, -0.25) is 4.79 Å². The van der Waals surface area contributed by atoms with E-state index in [1.807, 2.05) is 18.4 Å². The first-order valence-corrected chi connectivity index (χ1v) is 7.23. The number of aryl methyl sites for hydroxylation is 1. The van der Waals surface area contributed by atoms with Gasteiger partial charge in [-0.15, -0.1) is 11.3 Å². The van der Waals surface area contributed by atoms with Crippen molar-refractivity contribution in [2.24, 2.45) is 0 Å². The number of likely N-dealkylation sites (tertiary alicyclic amines) is 1. The molecule has 1 aliphatic rings. The van der Waals surface area contributed by atoms with Crippen molar-refractivity contribution in [3.63, 3.8) is 0 Å². The molecular weight excluding hydrogens is 262 g/mol. The van der Waals surface area contributed by atoms with E-state index in [1.165, 1.54) is 11.0 Å². The highest BCUT2D eigenvalue weighted by atomic mass is 32.1. The molecule has 0 aromatic carbocycles. The number of piperidine rings is 1. The average molecular weight is 279 g/mol. The summed E-state index contributed by atoms with van der Waals surface area (Å²) in [5, 5.41) is 11.1. The fourth-order valence-electron chi connectivity index (χ4n) is 2.25. The number of carboxylic acid groups (broad SMARTS) is 1. The van der Waals surface area contributed by atoms with Crippen LogP contribution in [-0.4, -0.2) is 34.5 Å². The van der Waals surface area contributed by atoms with Crippen LogP contribution in [0.25, 0.3) is 6.08 Å². The molecule has 1 fully saturated rings. The predicted octanol–water partition coefficient (Wildman–Crippen LogP) is 2.54. The zero-order valence-electron chi connectivity index (χ0n) is 10.8. The molecule has 2 rings (SSSR count). The summed E-state index contributed by atoms with van der Waals surface area (Å²) >= 11 is 1.57. The SMILES string of the molecule is Cc1ccsc1/C=C/C(=O)N1CCCCC1C(=O)O. The van der Waals surface area contributed by atoms with E-state index in [1.54, 1.807) is 17.4 Å². The second-order valence-corrected chi connectivity index (χ2v) is 5.63. The first-order chi connectivity index (χ1) is 9.09. The van der Waals surface area contributed by atoms with Crippen LogP contribution in [0.4, 0.5) is 0 Å². The largest absolute Gasteiger partial charge is 0.480 e. The number of nitrogens with zero attached hydrogens (tertiary/aromatic N) is 1. The number of hydrogen-bond donors (Lipinski definition) is 1. The lowest BCUT2D eigenvalue weighted by molar-refractivity contribution is -0.150. The van der Waals surface area contributed by atoms with Crippen molar-refractivity contribution < 1.29 is 14.7 Å². The minimum Gasteiger partial charge on any atom is -0.480 e. The second kappa shape index (κ2) is 6.02. The van der Waals surface area contributed by atoms with E-state index in [0.29, 0.717) is 13.0 Å². The molecule has 0 saturated carbocycles. The highest BCUT2D eigenvalue weighted by Crippen LogP contribution is 2.20. The van der Waals surface area contributed by atoms with Gasteiger partial charge in [0.15, 0.2) is 0 Å². The lowest BCUT2D eigenvalue weighted by Gasteiger charge is -2.32. The Morgan fingerprint density at radius 1 is 1.47 bits per heavy atom. The maximum atomic E-state index is 12.1. The van der Waals surface area contributed by atoms with Crippen molar-refractivity contribution in [2.45, 2.75) is 32.2 Å². The summed E-state index contributed by atoms with van der Waals surface area (Å²) in [5.41, 5.74) is 1.13. The van der Waals surface area contributed by atoms with Gasteiger partial charge in [-0.05, 0) is 49.3 Å². The minimum atomic E-state index is -0.909. The van der Waals surface area contributed by atoms with Crippen molar-refractivity contribution in [1.82, 2.24) is 4.90 Å². The zero-order chi connectivity index (χ0) is 13.8. The Kier molecular flexibility index (Phi) is 4.37. The van der Waals surface area contributed by atoms with E-state index in [0.717, 1.165) is 23.3 Å². The highest BCUT2D eigenvalue weighted by Gasteiger charge is 2.30. The predicted molar refractivity (Wildman–Crippen MR) is 75.1 cm³/mol. The molecule has 2 heterocycles. The molecule has 1 aromatic heterocycles. The van der Waals surface area contributed by atoms with Gasteiger partial charge in [0.25, 0.3) is 0 Å². The van der Waals surface area contributed by atoms with Gasteiger partial charge < -0.3 is 10.0 Å². The molecule has 0 bridgehead atoms. The Hall–Kier alpha value is -1.62.